The fraction of sp³-hybridized carbons (Fsp3) is 0. The van der Waals surface area contributed by atoms with Crippen LogP contribution in [0, 0.1) is 17.9 Å². The molecule has 0 unspecified atom stereocenters. The largest absolute Gasteiger partial charge is 0.309 e. The highest BCUT2D eigenvalue weighted by atomic mass is 28.3. The van der Waals surface area contributed by atoms with Gasteiger partial charge in [-0.2, -0.15) is 5.26 Å². The van der Waals surface area contributed by atoms with E-state index in [0.717, 1.165) is 33.0 Å². The van der Waals surface area contributed by atoms with Gasteiger partial charge in [0.2, 0.25) is 0 Å². The zero-order valence-corrected chi connectivity index (χ0v) is 27.1. The average Bonchev–Trinajstić information content (AvgIpc) is 3.50. The molecule has 0 saturated heterocycles. The number of hydrogen-bond donors (Lipinski definition) is 0. The van der Waals surface area contributed by atoms with E-state index in [0.29, 0.717) is 11.3 Å². The van der Waals surface area contributed by atoms with Gasteiger partial charge < -0.3 is 4.57 Å². The van der Waals surface area contributed by atoms with Crippen LogP contribution in [0.4, 0.5) is 5.69 Å². The van der Waals surface area contributed by atoms with Crippen molar-refractivity contribution < 1.29 is 0 Å². The molecule has 0 saturated carbocycles. The number of fused-ring (bicyclic) bond motifs is 3. The van der Waals surface area contributed by atoms with Crippen LogP contribution in [0.15, 0.2) is 176 Å². The van der Waals surface area contributed by atoms with Gasteiger partial charge in [-0.05, 0) is 68.3 Å². The Morgan fingerprint density at radius 3 is 1.52 bits per heavy atom. The Morgan fingerprint density at radius 1 is 0.521 bits per heavy atom. The van der Waals surface area contributed by atoms with Gasteiger partial charge in [0.1, 0.15) is 0 Å². The van der Waals surface area contributed by atoms with Crippen molar-refractivity contribution in [3.05, 3.63) is 193 Å². The minimum Gasteiger partial charge on any atom is -0.309 e. The second-order valence-electron chi connectivity index (χ2n) is 11.9. The molecule has 7 aromatic carbocycles. The van der Waals surface area contributed by atoms with E-state index in [4.69, 9.17) is 6.57 Å². The summed E-state index contributed by atoms with van der Waals surface area (Å²) in [7, 11) is -3.06. The topological polar surface area (TPSA) is 33.1 Å². The van der Waals surface area contributed by atoms with Gasteiger partial charge in [-0.15, -0.1) is 0 Å². The molecule has 0 aliphatic carbocycles. The molecular weight excluding hydrogens is 599 g/mol. The summed E-state index contributed by atoms with van der Waals surface area (Å²) in [5, 5.41) is 17.5. The standard InChI is InChI=1S/C44H29N3Si/c1-46-33-26-28-43(47-41-23-13-11-21-37(41)38-22-12-14-24-42(38)47)40(30-33)39-27-25-32(31-45)29-44(39)48(34-15-5-2-6-16-34,35-17-7-3-8-18-35)36-19-9-4-10-20-36/h2-30H. The van der Waals surface area contributed by atoms with Gasteiger partial charge in [-0.25, -0.2) is 4.85 Å². The first-order valence-corrected chi connectivity index (χ1v) is 18.0. The molecular formula is C44H29N3Si. The maximum absolute atomic E-state index is 10.3. The lowest BCUT2D eigenvalue weighted by atomic mass is 10.0. The molecule has 1 heterocycles. The molecule has 8 rings (SSSR count). The smallest absolute Gasteiger partial charge is 0.188 e. The number of nitriles is 1. The van der Waals surface area contributed by atoms with Crippen LogP contribution in [0.3, 0.4) is 0 Å². The Bertz CT molecular complexity index is 2370. The average molecular weight is 628 g/mol. The van der Waals surface area contributed by atoms with Crippen molar-refractivity contribution in [1.29, 1.82) is 5.26 Å². The van der Waals surface area contributed by atoms with Gasteiger partial charge in [0, 0.05) is 10.8 Å². The summed E-state index contributed by atoms with van der Waals surface area (Å²) in [6.07, 6.45) is 0. The summed E-state index contributed by atoms with van der Waals surface area (Å²) in [4.78, 5) is 3.90. The van der Waals surface area contributed by atoms with Crippen LogP contribution < -0.4 is 20.7 Å². The lowest BCUT2D eigenvalue weighted by molar-refractivity contribution is 1.18. The number of nitrogens with zero attached hydrogens (tertiary/aromatic N) is 3. The highest BCUT2D eigenvalue weighted by Crippen LogP contribution is 2.38. The number of aromatic nitrogens is 1. The molecule has 0 radical (unpaired) electrons. The van der Waals surface area contributed by atoms with E-state index in [2.05, 4.69) is 173 Å². The van der Waals surface area contributed by atoms with E-state index >= 15 is 0 Å². The second kappa shape index (κ2) is 12.0. The molecule has 8 aromatic rings. The van der Waals surface area contributed by atoms with E-state index in [9.17, 15) is 5.26 Å². The van der Waals surface area contributed by atoms with Gasteiger partial charge in [0.05, 0.1) is 34.9 Å². The minimum absolute atomic E-state index is 0.566. The molecule has 224 valence electrons. The van der Waals surface area contributed by atoms with Crippen LogP contribution >= 0.6 is 0 Å². The van der Waals surface area contributed by atoms with Gasteiger partial charge >= 0.3 is 0 Å². The maximum Gasteiger partial charge on any atom is 0.188 e. The van der Waals surface area contributed by atoms with E-state index in [-0.39, 0.29) is 0 Å². The van der Waals surface area contributed by atoms with Gasteiger partial charge in [0.25, 0.3) is 0 Å². The second-order valence-corrected chi connectivity index (χ2v) is 15.7. The van der Waals surface area contributed by atoms with Crippen molar-refractivity contribution in [2.45, 2.75) is 0 Å². The molecule has 3 nitrogen and oxygen atoms in total. The fourth-order valence-electron chi connectivity index (χ4n) is 7.38. The maximum atomic E-state index is 10.3. The van der Waals surface area contributed by atoms with Gasteiger partial charge in [-0.1, -0.05) is 140 Å². The highest BCUT2D eigenvalue weighted by molar-refractivity contribution is 7.20. The molecule has 48 heavy (non-hydrogen) atoms. The molecule has 1 aromatic heterocycles. The number of benzene rings is 7. The first kappa shape index (κ1) is 29.0. The van der Waals surface area contributed by atoms with Crippen molar-refractivity contribution in [1.82, 2.24) is 4.57 Å². The Kier molecular flexibility index (Phi) is 7.27. The summed E-state index contributed by atoms with van der Waals surface area (Å²) >= 11 is 0. The lowest BCUT2D eigenvalue weighted by Gasteiger charge is -2.36. The summed E-state index contributed by atoms with van der Waals surface area (Å²) in [6, 6.07) is 63.9. The van der Waals surface area contributed by atoms with E-state index in [1.165, 1.54) is 26.3 Å². The van der Waals surface area contributed by atoms with Crippen molar-refractivity contribution in [2.75, 3.05) is 0 Å². The first-order valence-electron chi connectivity index (χ1n) is 16.0. The van der Waals surface area contributed by atoms with Gasteiger partial charge in [-0.3, -0.25) is 0 Å². The SMILES string of the molecule is [C-]#[N+]c1ccc(-n2c3ccccc3c3ccccc32)c(-c2ccc(C#N)cc2[Si](c2ccccc2)(c2ccccc2)c2ccccc2)c1. The molecule has 0 aliphatic heterocycles. The Balaban J connectivity index is 1.55. The molecule has 0 spiro atoms. The predicted molar refractivity (Wildman–Crippen MR) is 201 cm³/mol. The third kappa shape index (κ3) is 4.55. The molecule has 0 bridgehead atoms. The number of hydrogen-bond acceptors (Lipinski definition) is 1. The Labute approximate surface area is 281 Å². The van der Waals surface area contributed by atoms with E-state index in [1.54, 1.807) is 0 Å². The van der Waals surface area contributed by atoms with Crippen LogP contribution in [0.2, 0.25) is 0 Å². The molecule has 0 atom stereocenters. The molecule has 0 N–H and O–H groups in total. The van der Waals surface area contributed by atoms with Crippen molar-refractivity contribution >= 4 is 56.3 Å². The Hall–Kier alpha value is -6.46. The van der Waals surface area contributed by atoms with Crippen LogP contribution in [-0.2, 0) is 0 Å². The third-order valence-corrected chi connectivity index (χ3v) is 14.2. The molecule has 0 aliphatic rings. The molecule has 0 fully saturated rings. The summed E-state index contributed by atoms with van der Waals surface area (Å²) in [5.41, 5.74) is 6.33. The minimum atomic E-state index is -3.06. The van der Waals surface area contributed by atoms with Gasteiger partial charge in [0.15, 0.2) is 13.8 Å². The van der Waals surface area contributed by atoms with E-state index in [1.807, 2.05) is 18.2 Å². The van der Waals surface area contributed by atoms with Crippen molar-refractivity contribution in [3.63, 3.8) is 0 Å². The zero-order valence-electron chi connectivity index (χ0n) is 26.1. The lowest BCUT2D eigenvalue weighted by Crippen LogP contribution is -2.75. The number of para-hydroxylation sites is 2. The third-order valence-electron chi connectivity index (χ3n) is 9.39. The van der Waals surface area contributed by atoms with Crippen LogP contribution in [-0.4, -0.2) is 12.6 Å². The van der Waals surface area contributed by atoms with E-state index < -0.39 is 8.07 Å². The quantitative estimate of drug-likeness (QED) is 0.104. The predicted octanol–water partition coefficient (Wildman–Crippen LogP) is 8.25. The monoisotopic (exact) mass is 627 g/mol. The summed E-state index contributed by atoms with van der Waals surface area (Å²) in [5.74, 6) is 0. The highest BCUT2D eigenvalue weighted by Gasteiger charge is 2.43. The Morgan fingerprint density at radius 2 is 1.02 bits per heavy atom. The van der Waals surface area contributed by atoms with Crippen molar-refractivity contribution in [2.24, 2.45) is 0 Å². The fourth-order valence-corrected chi connectivity index (χ4v) is 12.4. The van der Waals surface area contributed by atoms with Crippen molar-refractivity contribution in [3.8, 4) is 22.9 Å². The van der Waals surface area contributed by atoms with Crippen LogP contribution in [0.25, 0.3) is 43.5 Å². The zero-order chi connectivity index (χ0) is 32.5. The molecule has 0 amide bonds. The van der Waals surface area contributed by atoms with Crippen LogP contribution in [0.1, 0.15) is 5.56 Å². The first-order chi connectivity index (χ1) is 23.7. The normalized spacial score (nSPS) is 11.3. The van der Waals surface area contributed by atoms with Crippen LogP contribution in [0.5, 0.6) is 0 Å². The number of rotatable bonds is 6. The summed E-state index contributed by atoms with van der Waals surface area (Å²) < 4.78 is 2.33. The summed E-state index contributed by atoms with van der Waals surface area (Å²) in [6.45, 7) is 8.04. The molecule has 4 heteroatoms.